The summed E-state index contributed by atoms with van der Waals surface area (Å²) < 4.78 is 5.50. The molecule has 0 radical (unpaired) electrons. The van der Waals surface area contributed by atoms with E-state index >= 15 is 0 Å². The Hall–Kier alpha value is -1.55. The maximum absolute atomic E-state index is 12.6. The molecule has 0 saturated carbocycles. The first kappa shape index (κ1) is 14.4. The predicted octanol–water partition coefficient (Wildman–Crippen LogP) is 2.08. The van der Waals surface area contributed by atoms with Crippen LogP contribution in [0.1, 0.15) is 35.7 Å². The van der Waals surface area contributed by atoms with E-state index in [0.717, 1.165) is 63.4 Å². The molecule has 0 atom stereocenters. The second-order valence-electron chi connectivity index (χ2n) is 5.96. The number of amides is 1. The third-order valence-electron chi connectivity index (χ3n) is 4.52. The van der Waals surface area contributed by atoms with Gasteiger partial charge in [-0.25, -0.2) is 0 Å². The van der Waals surface area contributed by atoms with Gasteiger partial charge in [0, 0.05) is 25.1 Å². The number of carbonyl (C=O) groups is 1. The molecule has 2 heterocycles. The zero-order valence-electron chi connectivity index (χ0n) is 12.7. The fourth-order valence-corrected chi connectivity index (χ4v) is 3.19. The standard InChI is InChI=1S/C17H24N2O2/c1-2-18-12-13-5-8-19(9-6-13)17(20)15-3-4-16-14(11-15)7-10-21-16/h3-4,11,13,18H,2,5-10,12H2,1H3. The molecule has 114 valence electrons. The average molecular weight is 288 g/mol. The first-order valence-corrected chi connectivity index (χ1v) is 8.03. The summed E-state index contributed by atoms with van der Waals surface area (Å²) in [5, 5.41) is 3.40. The molecule has 0 aromatic heterocycles. The summed E-state index contributed by atoms with van der Waals surface area (Å²) in [5.74, 6) is 1.82. The maximum atomic E-state index is 12.6. The van der Waals surface area contributed by atoms with Crippen molar-refractivity contribution in [3.05, 3.63) is 29.3 Å². The first-order valence-electron chi connectivity index (χ1n) is 8.03. The molecular formula is C17H24N2O2. The number of nitrogens with zero attached hydrogens (tertiary/aromatic N) is 1. The van der Waals surface area contributed by atoms with Crippen LogP contribution in [-0.4, -0.2) is 43.6 Å². The van der Waals surface area contributed by atoms with Crippen LogP contribution in [0.25, 0.3) is 0 Å². The minimum Gasteiger partial charge on any atom is -0.493 e. The Labute approximate surface area is 126 Å². The zero-order chi connectivity index (χ0) is 14.7. The van der Waals surface area contributed by atoms with Crippen LogP contribution in [0.3, 0.4) is 0 Å². The van der Waals surface area contributed by atoms with E-state index in [1.165, 1.54) is 5.56 Å². The number of piperidine rings is 1. The first-order chi connectivity index (χ1) is 10.3. The summed E-state index contributed by atoms with van der Waals surface area (Å²) in [4.78, 5) is 14.6. The minimum atomic E-state index is 0.173. The van der Waals surface area contributed by atoms with Crippen molar-refractivity contribution in [2.75, 3.05) is 32.8 Å². The summed E-state index contributed by atoms with van der Waals surface area (Å²) in [6.45, 7) is 6.73. The van der Waals surface area contributed by atoms with Crippen molar-refractivity contribution in [1.29, 1.82) is 0 Å². The monoisotopic (exact) mass is 288 g/mol. The molecule has 2 aliphatic rings. The van der Waals surface area contributed by atoms with Crippen LogP contribution in [-0.2, 0) is 6.42 Å². The second kappa shape index (κ2) is 6.48. The van der Waals surface area contributed by atoms with Gasteiger partial charge >= 0.3 is 0 Å². The van der Waals surface area contributed by atoms with E-state index in [1.807, 2.05) is 23.1 Å². The summed E-state index contributed by atoms with van der Waals surface area (Å²) >= 11 is 0. The van der Waals surface area contributed by atoms with Crippen LogP contribution in [0, 0.1) is 5.92 Å². The lowest BCUT2D eigenvalue weighted by Crippen LogP contribution is -2.40. The molecule has 0 bridgehead atoms. The highest BCUT2D eigenvalue weighted by atomic mass is 16.5. The second-order valence-corrected chi connectivity index (χ2v) is 5.96. The van der Waals surface area contributed by atoms with Crippen molar-refractivity contribution in [3.8, 4) is 5.75 Å². The number of fused-ring (bicyclic) bond motifs is 1. The van der Waals surface area contributed by atoms with Crippen molar-refractivity contribution < 1.29 is 9.53 Å². The number of hydrogen-bond donors (Lipinski definition) is 1. The fourth-order valence-electron chi connectivity index (χ4n) is 3.19. The van der Waals surface area contributed by atoms with Gasteiger partial charge in [0.1, 0.15) is 5.75 Å². The zero-order valence-corrected chi connectivity index (χ0v) is 12.7. The van der Waals surface area contributed by atoms with Gasteiger partial charge < -0.3 is 15.0 Å². The van der Waals surface area contributed by atoms with Gasteiger partial charge in [-0.05, 0) is 55.6 Å². The summed E-state index contributed by atoms with van der Waals surface area (Å²) in [6, 6.07) is 5.85. The van der Waals surface area contributed by atoms with Crippen LogP contribution < -0.4 is 10.1 Å². The van der Waals surface area contributed by atoms with Gasteiger partial charge in [0.15, 0.2) is 0 Å². The average Bonchev–Trinajstić information content (AvgIpc) is 3.00. The maximum Gasteiger partial charge on any atom is 0.253 e. The molecule has 1 aromatic carbocycles. The highest BCUT2D eigenvalue weighted by Gasteiger charge is 2.24. The van der Waals surface area contributed by atoms with Crippen molar-refractivity contribution in [2.24, 2.45) is 5.92 Å². The Bertz CT molecular complexity index is 508. The lowest BCUT2D eigenvalue weighted by molar-refractivity contribution is 0.0690. The van der Waals surface area contributed by atoms with E-state index in [0.29, 0.717) is 5.92 Å². The normalized spacial score (nSPS) is 18.4. The SMILES string of the molecule is CCNCC1CCN(C(=O)c2ccc3c(c2)CCO3)CC1. The molecule has 4 heteroatoms. The minimum absolute atomic E-state index is 0.173. The van der Waals surface area contributed by atoms with Crippen LogP contribution >= 0.6 is 0 Å². The smallest absolute Gasteiger partial charge is 0.253 e. The number of carbonyl (C=O) groups excluding carboxylic acids is 1. The van der Waals surface area contributed by atoms with Crippen molar-refractivity contribution >= 4 is 5.91 Å². The molecule has 2 aliphatic heterocycles. The van der Waals surface area contributed by atoms with Gasteiger partial charge in [0.05, 0.1) is 6.61 Å². The Morgan fingerprint density at radius 3 is 2.95 bits per heavy atom. The molecule has 1 fully saturated rings. The lowest BCUT2D eigenvalue weighted by Gasteiger charge is -2.32. The third-order valence-corrected chi connectivity index (χ3v) is 4.52. The molecule has 1 amide bonds. The van der Waals surface area contributed by atoms with E-state index in [4.69, 9.17) is 4.74 Å². The number of hydrogen-bond acceptors (Lipinski definition) is 3. The number of nitrogens with one attached hydrogen (secondary N) is 1. The van der Waals surface area contributed by atoms with Gasteiger partial charge in [0.25, 0.3) is 5.91 Å². The Morgan fingerprint density at radius 2 is 2.19 bits per heavy atom. The molecule has 3 rings (SSSR count). The number of rotatable bonds is 4. The molecular weight excluding hydrogens is 264 g/mol. The van der Waals surface area contributed by atoms with Crippen LogP contribution in [0.4, 0.5) is 0 Å². The lowest BCUT2D eigenvalue weighted by atomic mass is 9.96. The quantitative estimate of drug-likeness (QED) is 0.922. The highest BCUT2D eigenvalue weighted by Crippen LogP contribution is 2.27. The van der Waals surface area contributed by atoms with Crippen molar-refractivity contribution in [3.63, 3.8) is 0 Å². The number of ether oxygens (including phenoxy) is 1. The third kappa shape index (κ3) is 3.21. The summed E-state index contributed by atoms with van der Waals surface area (Å²) in [6.07, 6.45) is 3.13. The molecule has 0 unspecified atom stereocenters. The van der Waals surface area contributed by atoms with Gasteiger partial charge in [0.2, 0.25) is 0 Å². The summed E-state index contributed by atoms with van der Waals surface area (Å²) in [5.41, 5.74) is 1.98. The number of benzene rings is 1. The Kier molecular flexibility index (Phi) is 4.44. The van der Waals surface area contributed by atoms with E-state index in [-0.39, 0.29) is 5.91 Å². The molecule has 1 saturated heterocycles. The topological polar surface area (TPSA) is 41.6 Å². The van der Waals surface area contributed by atoms with Crippen LogP contribution in [0.5, 0.6) is 5.75 Å². The molecule has 1 N–H and O–H groups in total. The molecule has 4 nitrogen and oxygen atoms in total. The Morgan fingerprint density at radius 1 is 1.38 bits per heavy atom. The fraction of sp³-hybridized carbons (Fsp3) is 0.588. The molecule has 21 heavy (non-hydrogen) atoms. The Balaban J connectivity index is 1.59. The molecule has 0 aliphatic carbocycles. The van der Waals surface area contributed by atoms with Gasteiger partial charge in [-0.1, -0.05) is 6.92 Å². The molecule has 1 aromatic rings. The van der Waals surface area contributed by atoms with E-state index in [9.17, 15) is 4.79 Å². The van der Waals surface area contributed by atoms with Crippen molar-refractivity contribution in [1.82, 2.24) is 10.2 Å². The van der Waals surface area contributed by atoms with Gasteiger partial charge in [-0.2, -0.15) is 0 Å². The highest BCUT2D eigenvalue weighted by molar-refractivity contribution is 5.94. The predicted molar refractivity (Wildman–Crippen MR) is 82.8 cm³/mol. The number of likely N-dealkylation sites (tertiary alicyclic amines) is 1. The van der Waals surface area contributed by atoms with Gasteiger partial charge in [-0.15, -0.1) is 0 Å². The van der Waals surface area contributed by atoms with E-state index < -0.39 is 0 Å². The van der Waals surface area contributed by atoms with E-state index in [2.05, 4.69) is 12.2 Å². The van der Waals surface area contributed by atoms with E-state index in [1.54, 1.807) is 0 Å². The van der Waals surface area contributed by atoms with Gasteiger partial charge in [-0.3, -0.25) is 4.79 Å². The summed E-state index contributed by atoms with van der Waals surface area (Å²) in [7, 11) is 0. The molecule has 0 spiro atoms. The van der Waals surface area contributed by atoms with Crippen molar-refractivity contribution in [2.45, 2.75) is 26.2 Å². The van der Waals surface area contributed by atoms with Crippen LogP contribution in [0.2, 0.25) is 0 Å². The van der Waals surface area contributed by atoms with Crippen LogP contribution in [0.15, 0.2) is 18.2 Å². The largest absolute Gasteiger partial charge is 0.493 e.